The van der Waals surface area contributed by atoms with Gasteiger partial charge in [-0.2, -0.15) is 5.26 Å². The molecule has 0 saturated carbocycles. The van der Waals surface area contributed by atoms with Crippen LogP contribution in [-0.2, 0) is 13.0 Å². The van der Waals surface area contributed by atoms with E-state index in [0.717, 1.165) is 30.0 Å². The summed E-state index contributed by atoms with van der Waals surface area (Å²) in [5.74, 6) is 1.69. The van der Waals surface area contributed by atoms with E-state index in [1.807, 2.05) is 16.7 Å². The number of nitrogen functional groups attached to an aromatic ring is 1. The number of benzene rings is 1. The molecule has 0 fully saturated rings. The Bertz CT molecular complexity index is 587. The van der Waals surface area contributed by atoms with E-state index in [0.29, 0.717) is 11.4 Å². The van der Waals surface area contributed by atoms with E-state index in [9.17, 15) is 0 Å². The summed E-state index contributed by atoms with van der Waals surface area (Å²) in [5, 5.41) is 8.78. The number of anilines is 1. The lowest BCUT2D eigenvalue weighted by Gasteiger charge is -2.04. The summed E-state index contributed by atoms with van der Waals surface area (Å²) in [6, 6.07) is 9.44. The molecule has 0 saturated heterocycles. The Balaban J connectivity index is 2.50. The van der Waals surface area contributed by atoms with Gasteiger partial charge in [0.1, 0.15) is 17.3 Å². The summed E-state index contributed by atoms with van der Waals surface area (Å²) < 4.78 is 2.02. The van der Waals surface area contributed by atoms with Crippen molar-refractivity contribution in [2.75, 3.05) is 5.73 Å². The van der Waals surface area contributed by atoms with Gasteiger partial charge in [-0.05, 0) is 19.1 Å². The second-order valence-electron chi connectivity index (χ2n) is 4.05. The molecule has 0 atom stereocenters. The maximum Gasteiger partial charge on any atom is 0.131 e. The van der Waals surface area contributed by atoms with Crippen LogP contribution in [0.25, 0.3) is 11.3 Å². The van der Waals surface area contributed by atoms with E-state index in [-0.39, 0.29) is 0 Å². The number of nitriles is 1. The van der Waals surface area contributed by atoms with Crippen molar-refractivity contribution in [1.82, 2.24) is 9.55 Å². The van der Waals surface area contributed by atoms with Gasteiger partial charge in [0.2, 0.25) is 0 Å². The predicted molar refractivity (Wildman–Crippen MR) is 71.8 cm³/mol. The first kappa shape index (κ1) is 12.2. The number of nitrogens with two attached hydrogens (primary N) is 1. The zero-order valence-electron chi connectivity index (χ0n) is 10.6. The number of aromatic nitrogens is 2. The number of hydrogen-bond donors (Lipinski definition) is 1. The summed E-state index contributed by atoms with van der Waals surface area (Å²) in [5.41, 5.74) is 8.53. The Kier molecular flexibility index (Phi) is 3.33. The largest absolute Gasteiger partial charge is 0.383 e. The second-order valence-corrected chi connectivity index (χ2v) is 4.05. The van der Waals surface area contributed by atoms with Gasteiger partial charge in [-0.25, -0.2) is 4.98 Å². The SMILES string of the molecule is CCc1nc(-c2ccc(C#N)cc2)c(N)n1CC. The van der Waals surface area contributed by atoms with Crippen molar-refractivity contribution in [2.24, 2.45) is 0 Å². The molecule has 2 rings (SSSR count). The number of rotatable bonds is 3. The fourth-order valence-corrected chi connectivity index (χ4v) is 2.05. The molecule has 1 aromatic carbocycles. The van der Waals surface area contributed by atoms with E-state index in [2.05, 4.69) is 24.9 Å². The highest BCUT2D eigenvalue weighted by atomic mass is 15.1. The van der Waals surface area contributed by atoms with Crippen LogP contribution >= 0.6 is 0 Å². The smallest absolute Gasteiger partial charge is 0.131 e. The summed E-state index contributed by atoms with van der Waals surface area (Å²) in [6.45, 7) is 4.94. The molecule has 0 bridgehead atoms. The van der Waals surface area contributed by atoms with Gasteiger partial charge in [0, 0.05) is 18.5 Å². The average molecular weight is 240 g/mol. The first-order chi connectivity index (χ1) is 8.71. The molecule has 1 heterocycles. The van der Waals surface area contributed by atoms with Crippen LogP contribution in [-0.4, -0.2) is 9.55 Å². The molecule has 0 radical (unpaired) electrons. The van der Waals surface area contributed by atoms with Gasteiger partial charge >= 0.3 is 0 Å². The quantitative estimate of drug-likeness (QED) is 0.896. The molecule has 0 amide bonds. The maximum absolute atomic E-state index is 8.78. The first-order valence-corrected chi connectivity index (χ1v) is 6.06. The van der Waals surface area contributed by atoms with Crippen molar-refractivity contribution in [3.05, 3.63) is 35.7 Å². The van der Waals surface area contributed by atoms with Gasteiger partial charge in [-0.3, -0.25) is 0 Å². The van der Waals surface area contributed by atoms with Crippen LogP contribution in [0.1, 0.15) is 25.2 Å². The normalized spacial score (nSPS) is 10.3. The summed E-state index contributed by atoms with van der Waals surface area (Å²) in [6.07, 6.45) is 0.855. The van der Waals surface area contributed by atoms with Gasteiger partial charge in [0.15, 0.2) is 0 Å². The molecule has 0 spiro atoms. The lowest BCUT2D eigenvalue weighted by atomic mass is 10.1. The van der Waals surface area contributed by atoms with Crippen molar-refractivity contribution in [2.45, 2.75) is 26.8 Å². The van der Waals surface area contributed by atoms with E-state index in [1.165, 1.54) is 0 Å². The van der Waals surface area contributed by atoms with E-state index in [4.69, 9.17) is 11.0 Å². The van der Waals surface area contributed by atoms with Crippen molar-refractivity contribution >= 4 is 5.82 Å². The Morgan fingerprint density at radius 2 is 1.94 bits per heavy atom. The highest BCUT2D eigenvalue weighted by Crippen LogP contribution is 2.26. The van der Waals surface area contributed by atoms with E-state index < -0.39 is 0 Å². The molecular formula is C14H16N4. The minimum Gasteiger partial charge on any atom is -0.383 e. The second kappa shape index (κ2) is 4.92. The van der Waals surface area contributed by atoms with Crippen molar-refractivity contribution in [1.29, 1.82) is 5.26 Å². The molecule has 18 heavy (non-hydrogen) atoms. The zero-order valence-corrected chi connectivity index (χ0v) is 10.6. The Labute approximate surface area is 107 Å². The van der Waals surface area contributed by atoms with E-state index in [1.54, 1.807) is 12.1 Å². The third-order valence-corrected chi connectivity index (χ3v) is 3.01. The topological polar surface area (TPSA) is 67.6 Å². The third kappa shape index (κ3) is 1.95. The van der Waals surface area contributed by atoms with Gasteiger partial charge in [0.05, 0.1) is 11.6 Å². The molecule has 4 nitrogen and oxygen atoms in total. The van der Waals surface area contributed by atoms with Crippen LogP contribution in [0.15, 0.2) is 24.3 Å². The molecule has 0 aliphatic rings. The van der Waals surface area contributed by atoms with Gasteiger partial charge in [0.25, 0.3) is 0 Å². The highest BCUT2D eigenvalue weighted by molar-refractivity contribution is 5.71. The molecule has 2 aromatic rings. The van der Waals surface area contributed by atoms with Crippen LogP contribution in [0, 0.1) is 11.3 Å². The summed E-state index contributed by atoms with van der Waals surface area (Å²) in [4.78, 5) is 4.58. The molecule has 1 aromatic heterocycles. The summed E-state index contributed by atoms with van der Waals surface area (Å²) >= 11 is 0. The van der Waals surface area contributed by atoms with Crippen LogP contribution in [0.2, 0.25) is 0 Å². The van der Waals surface area contributed by atoms with Crippen LogP contribution < -0.4 is 5.73 Å². The molecular weight excluding hydrogens is 224 g/mol. The number of nitrogens with zero attached hydrogens (tertiary/aromatic N) is 3. The molecule has 2 N–H and O–H groups in total. The van der Waals surface area contributed by atoms with Crippen LogP contribution in [0.5, 0.6) is 0 Å². The molecule has 4 heteroatoms. The molecule has 0 unspecified atom stereocenters. The summed E-state index contributed by atoms with van der Waals surface area (Å²) in [7, 11) is 0. The van der Waals surface area contributed by atoms with Crippen molar-refractivity contribution in [3.8, 4) is 17.3 Å². The van der Waals surface area contributed by atoms with Crippen molar-refractivity contribution < 1.29 is 0 Å². The predicted octanol–water partition coefficient (Wildman–Crippen LogP) is 2.59. The number of imidazole rings is 1. The lowest BCUT2D eigenvalue weighted by molar-refractivity contribution is 0.713. The fraction of sp³-hybridized carbons (Fsp3) is 0.286. The fourth-order valence-electron chi connectivity index (χ4n) is 2.05. The minimum atomic E-state index is 0.642. The maximum atomic E-state index is 8.78. The monoisotopic (exact) mass is 240 g/mol. The number of aryl methyl sites for hydroxylation is 1. The standard InChI is InChI=1S/C14H16N4/c1-3-12-17-13(14(16)18(12)4-2)11-7-5-10(9-15)6-8-11/h5-8H,3-4,16H2,1-2H3. The molecule has 0 aliphatic heterocycles. The molecule has 92 valence electrons. The minimum absolute atomic E-state index is 0.642. The average Bonchev–Trinajstić information content (AvgIpc) is 2.75. The van der Waals surface area contributed by atoms with Crippen LogP contribution in [0.3, 0.4) is 0 Å². The first-order valence-electron chi connectivity index (χ1n) is 6.06. The molecule has 0 aliphatic carbocycles. The van der Waals surface area contributed by atoms with Gasteiger partial charge in [-0.15, -0.1) is 0 Å². The Morgan fingerprint density at radius 3 is 2.39 bits per heavy atom. The third-order valence-electron chi connectivity index (χ3n) is 3.01. The van der Waals surface area contributed by atoms with Crippen LogP contribution in [0.4, 0.5) is 5.82 Å². The zero-order chi connectivity index (χ0) is 13.1. The lowest BCUT2D eigenvalue weighted by Crippen LogP contribution is -2.04. The number of hydrogen-bond acceptors (Lipinski definition) is 3. The Morgan fingerprint density at radius 1 is 1.28 bits per heavy atom. The van der Waals surface area contributed by atoms with Gasteiger partial charge in [-0.1, -0.05) is 19.1 Å². The van der Waals surface area contributed by atoms with Gasteiger partial charge < -0.3 is 10.3 Å². The Hall–Kier alpha value is -2.28. The van der Waals surface area contributed by atoms with Crippen molar-refractivity contribution in [3.63, 3.8) is 0 Å². The highest BCUT2D eigenvalue weighted by Gasteiger charge is 2.13. The van der Waals surface area contributed by atoms with E-state index >= 15 is 0 Å².